The fourth-order valence-electron chi connectivity index (χ4n) is 5.61. The standard InChI is InChI=1S/C27H35FN6O4S/c1-17(2)34-24-10-20(9-19-5-7-29-27(31-19)32-8-6-25(38-3)22(28)15-32)30-12-21(24)23(11-26(34)35)33-13-18(14-33)16-39(4,36)37/h5,7,10-12,17-18,22,25H,6,8-9,13-16H2,1-4H3. The van der Waals surface area contributed by atoms with E-state index in [4.69, 9.17) is 9.72 Å². The molecule has 0 saturated carbocycles. The van der Waals surface area contributed by atoms with Gasteiger partial charge in [-0.1, -0.05) is 0 Å². The zero-order valence-electron chi connectivity index (χ0n) is 22.7. The van der Waals surface area contributed by atoms with Crippen LogP contribution in [0.25, 0.3) is 10.9 Å². The lowest BCUT2D eigenvalue weighted by Crippen LogP contribution is -2.50. The number of rotatable bonds is 8. The van der Waals surface area contributed by atoms with Crippen LogP contribution in [0.1, 0.15) is 37.7 Å². The molecular formula is C27H35FN6O4S. The van der Waals surface area contributed by atoms with Crippen molar-refractivity contribution >= 4 is 32.4 Å². The summed E-state index contributed by atoms with van der Waals surface area (Å²) in [6, 6.07) is 5.31. The van der Waals surface area contributed by atoms with E-state index < -0.39 is 22.1 Å². The molecule has 2 aliphatic heterocycles. The molecule has 10 nitrogen and oxygen atoms in total. The van der Waals surface area contributed by atoms with Crippen LogP contribution in [0, 0.1) is 5.92 Å². The summed E-state index contributed by atoms with van der Waals surface area (Å²) in [6.07, 6.45) is 4.20. The van der Waals surface area contributed by atoms with Gasteiger partial charge >= 0.3 is 0 Å². The SMILES string of the molecule is COC1CCN(c2nccc(Cc3cc4c(cn3)c(N3CC(CS(C)(=O)=O)C3)cc(=O)n4C(C)C)n2)CC1F. The van der Waals surface area contributed by atoms with Gasteiger partial charge in [0.1, 0.15) is 16.0 Å². The minimum Gasteiger partial charge on any atom is -0.378 e. The Bertz CT molecular complexity index is 1520. The summed E-state index contributed by atoms with van der Waals surface area (Å²) < 4.78 is 44.8. The van der Waals surface area contributed by atoms with Gasteiger partial charge in [-0.3, -0.25) is 9.78 Å². The van der Waals surface area contributed by atoms with Crippen molar-refractivity contribution in [1.82, 2.24) is 19.5 Å². The molecule has 39 heavy (non-hydrogen) atoms. The first-order valence-corrected chi connectivity index (χ1v) is 15.3. The lowest BCUT2D eigenvalue weighted by Gasteiger charge is -2.41. The third-order valence-electron chi connectivity index (χ3n) is 7.45. The molecule has 3 aromatic heterocycles. The van der Waals surface area contributed by atoms with E-state index in [0.29, 0.717) is 38.4 Å². The van der Waals surface area contributed by atoms with Crippen molar-refractivity contribution in [2.45, 2.75) is 45.0 Å². The van der Waals surface area contributed by atoms with Crippen molar-refractivity contribution in [3.05, 3.63) is 52.3 Å². The molecule has 0 radical (unpaired) electrons. The number of hydrogen-bond donors (Lipinski definition) is 0. The van der Waals surface area contributed by atoms with Crippen LogP contribution < -0.4 is 15.4 Å². The molecule has 12 heteroatoms. The Morgan fingerprint density at radius 1 is 1.13 bits per heavy atom. The van der Waals surface area contributed by atoms with Crippen LogP contribution in [-0.2, 0) is 21.0 Å². The number of piperidine rings is 1. The molecule has 0 bridgehead atoms. The van der Waals surface area contributed by atoms with Crippen molar-refractivity contribution in [3.8, 4) is 0 Å². The average Bonchev–Trinajstić information content (AvgIpc) is 2.84. The zero-order valence-corrected chi connectivity index (χ0v) is 23.6. The third kappa shape index (κ3) is 5.91. The predicted octanol–water partition coefficient (Wildman–Crippen LogP) is 2.40. The van der Waals surface area contributed by atoms with Gasteiger partial charge in [-0.15, -0.1) is 0 Å². The number of ether oxygens (including phenoxy) is 1. The molecule has 2 unspecified atom stereocenters. The third-order valence-corrected chi connectivity index (χ3v) is 8.53. The number of anilines is 2. The number of aromatic nitrogens is 4. The quantitative estimate of drug-likeness (QED) is 0.412. The van der Waals surface area contributed by atoms with Crippen LogP contribution in [0.2, 0.25) is 0 Å². The molecular weight excluding hydrogens is 523 g/mol. The van der Waals surface area contributed by atoms with Crippen molar-refractivity contribution in [3.63, 3.8) is 0 Å². The second-order valence-corrected chi connectivity index (χ2v) is 13.1. The molecule has 210 valence electrons. The lowest BCUT2D eigenvalue weighted by molar-refractivity contribution is 0.0194. The fourth-order valence-corrected chi connectivity index (χ4v) is 6.68. The number of hydrogen-bond acceptors (Lipinski definition) is 9. The maximum atomic E-state index is 14.4. The Morgan fingerprint density at radius 2 is 1.90 bits per heavy atom. The van der Waals surface area contributed by atoms with Crippen LogP contribution in [0.3, 0.4) is 0 Å². The molecule has 0 N–H and O–H groups in total. The minimum atomic E-state index is -3.05. The van der Waals surface area contributed by atoms with E-state index in [1.165, 1.54) is 13.4 Å². The highest BCUT2D eigenvalue weighted by molar-refractivity contribution is 7.90. The molecule has 5 rings (SSSR count). The Hall–Kier alpha value is -3.12. The van der Waals surface area contributed by atoms with Gasteiger partial charge in [-0.05, 0) is 32.4 Å². The van der Waals surface area contributed by atoms with Crippen LogP contribution in [0.15, 0.2) is 35.4 Å². The van der Waals surface area contributed by atoms with Crippen molar-refractivity contribution in [2.24, 2.45) is 5.92 Å². The van der Waals surface area contributed by atoms with Gasteiger partial charge in [0.2, 0.25) is 5.95 Å². The summed E-state index contributed by atoms with van der Waals surface area (Å²) in [7, 11) is -1.52. The first-order valence-electron chi connectivity index (χ1n) is 13.2. The van der Waals surface area contributed by atoms with Crippen molar-refractivity contribution in [1.29, 1.82) is 0 Å². The lowest BCUT2D eigenvalue weighted by atomic mass is 10.00. The van der Waals surface area contributed by atoms with Crippen molar-refractivity contribution in [2.75, 3.05) is 55.1 Å². The second-order valence-electron chi connectivity index (χ2n) is 10.9. The molecule has 0 aromatic carbocycles. The maximum Gasteiger partial charge on any atom is 0.253 e. The van der Waals surface area contributed by atoms with Gasteiger partial charge < -0.3 is 19.1 Å². The van der Waals surface area contributed by atoms with Gasteiger partial charge in [0.25, 0.3) is 5.56 Å². The molecule has 3 aromatic rings. The van der Waals surface area contributed by atoms with Crippen LogP contribution >= 0.6 is 0 Å². The van der Waals surface area contributed by atoms with E-state index in [9.17, 15) is 17.6 Å². The minimum absolute atomic E-state index is 0.0507. The van der Waals surface area contributed by atoms with E-state index >= 15 is 0 Å². The van der Waals surface area contributed by atoms with E-state index in [1.54, 1.807) is 23.0 Å². The highest BCUT2D eigenvalue weighted by Crippen LogP contribution is 2.32. The zero-order chi connectivity index (χ0) is 27.9. The highest BCUT2D eigenvalue weighted by Gasteiger charge is 2.32. The number of nitrogens with zero attached hydrogens (tertiary/aromatic N) is 6. The second kappa shape index (κ2) is 10.8. The molecule has 2 atom stereocenters. The van der Waals surface area contributed by atoms with Gasteiger partial charge in [-0.25, -0.2) is 22.8 Å². The number of pyridine rings is 2. The Labute approximate surface area is 227 Å². The molecule has 5 heterocycles. The summed E-state index contributed by atoms with van der Waals surface area (Å²) in [5.41, 5.74) is 2.94. The van der Waals surface area contributed by atoms with Crippen LogP contribution in [0.4, 0.5) is 16.0 Å². The monoisotopic (exact) mass is 558 g/mol. The number of methoxy groups -OCH3 is 1. The van der Waals surface area contributed by atoms with Gasteiger partial charge in [-0.2, -0.15) is 0 Å². The molecule has 2 aliphatic rings. The first kappa shape index (κ1) is 27.4. The van der Waals surface area contributed by atoms with Gasteiger partial charge in [0, 0.05) is 80.9 Å². The molecule has 2 fully saturated rings. The van der Waals surface area contributed by atoms with Gasteiger partial charge in [0.15, 0.2) is 0 Å². The largest absolute Gasteiger partial charge is 0.378 e. The molecule has 0 aliphatic carbocycles. The van der Waals surface area contributed by atoms with E-state index in [1.807, 2.05) is 35.8 Å². The molecule has 0 amide bonds. The van der Waals surface area contributed by atoms with E-state index in [0.717, 1.165) is 28.0 Å². The number of halogens is 1. The normalized spacial score (nSPS) is 20.6. The highest BCUT2D eigenvalue weighted by atomic mass is 32.2. The summed E-state index contributed by atoms with van der Waals surface area (Å²) in [5.74, 6) is 0.674. The summed E-state index contributed by atoms with van der Waals surface area (Å²) in [4.78, 5) is 30.8. The van der Waals surface area contributed by atoms with E-state index in [2.05, 4.69) is 9.97 Å². The fraction of sp³-hybridized carbons (Fsp3) is 0.556. The number of sulfone groups is 1. The number of fused-ring (bicyclic) bond motifs is 1. The summed E-state index contributed by atoms with van der Waals surface area (Å²) in [5, 5.41) is 0.850. The maximum absolute atomic E-state index is 14.4. The van der Waals surface area contributed by atoms with Gasteiger partial charge in [0.05, 0.1) is 35.3 Å². The predicted molar refractivity (Wildman–Crippen MR) is 149 cm³/mol. The van der Waals surface area contributed by atoms with Crippen LogP contribution in [0.5, 0.6) is 0 Å². The molecule has 2 saturated heterocycles. The Morgan fingerprint density at radius 3 is 2.56 bits per heavy atom. The topological polar surface area (TPSA) is 111 Å². The van der Waals surface area contributed by atoms with Crippen molar-refractivity contribution < 1.29 is 17.5 Å². The average molecular weight is 559 g/mol. The Kier molecular flexibility index (Phi) is 7.60. The summed E-state index contributed by atoms with van der Waals surface area (Å²) in [6.45, 7) is 5.89. The first-order chi connectivity index (χ1) is 18.5. The van der Waals surface area contributed by atoms with Crippen LogP contribution in [-0.4, -0.2) is 85.5 Å². The smallest absolute Gasteiger partial charge is 0.253 e. The molecule has 0 spiro atoms. The summed E-state index contributed by atoms with van der Waals surface area (Å²) >= 11 is 0. The van der Waals surface area contributed by atoms with E-state index in [-0.39, 0.29) is 29.8 Å². The number of alkyl halides is 1. The Balaban J connectivity index is 1.41.